The van der Waals surface area contributed by atoms with Crippen LogP contribution < -0.4 is 5.32 Å². The summed E-state index contributed by atoms with van der Waals surface area (Å²) in [6, 6.07) is 0. The fourth-order valence-corrected chi connectivity index (χ4v) is 0.820. The van der Waals surface area contributed by atoms with Crippen molar-refractivity contribution in [2.75, 3.05) is 12.3 Å². The standard InChI is InChI=1S/C7H13NO3S/c1-5(4-6(9)10)7(11)8-2-3-12/h5,12H,2-4H2,1H3,(H,8,11)(H,9,10). The molecule has 0 aliphatic heterocycles. The summed E-state index contributed by atoms with van der Waals surface area (Å²) in [5.74, 6) is -1.09. The molecular weight excluding hydrogens is 178 g/mol. The van der Waals surface area contributed by atoms with Gasteiger partial charge in [0, 0.05) is 18.2 Å². The Hall–Kier alpha value is -0.710. The summed E-state index contributed by atoms with van der Waals surface area (Å²) in [6.07, 6.45) is -0.127. The summed E-state index contributed by atoms with van der Waals surface area (Å²) in [4.78, 5) is 21.2. The van der Waals surface area contributed by atoms with E-state index < -0.39 is 11.9 Å². The number of nitrogens with one attached hydrogen (secondary N) is 1. The second kappa shape index (κ2) is 5.88. The molecule has 4 nitrogen and oxygen atoms in total. The van der Waals surface area contributed by atoms with Crippen molar-refractivity contribution in [3.8, 4) is 0 Å². The number of aliphatic carboxylic acids is 1. The van der Waals surface area contributed by atoms with Gasteiger partial charge in [0.2, 0.25) is 5.91 Å². The van der Waals surface area contributed by atoms with Crippen molar-refractivity contribution in [1.82, 2.24) is 5.32 Å². The van der Waals surface area contributed by atoms with Crippen LogP contribution in [0.2, 0.25) is 0 Å². The molecule has 0 heterocycles. The summed E-state index contributed by atoms with van der Waals surface area (Å²) >= 11 is 3.90. The SMILES string of the molecule is CC(CC(=O)O)C(=O)NCCS. The van der Waals surface area contributed by atoms with Gasteiger partial charge in [-0.25, -0.2) is 0 Å². The number of hydrogen-bond acceptors (Lipinski definition) is 3. The maximum absolute atomic E-state index is 11.0. The highest BCUT2D eigenvalue weighted by molar-refractivity contribution is 7.80. The van der Waals surface area contributed by atoms with Crippen molar-refractivity contribution in [2.24, 2.45) is 5.92 Å². The fourth-order valence-electron chi connectivity index (χ4n) is 0.708. The van der Waals surface area contributed by atoms with Crippen molar-refractivity contribution in [2.45, 2.75) is 13.3 Å². The average Bonchev–Trinajstić information content (AvgIpc) is 1.98. The highest BCUT2D eigenvalue weighted by Gasteiger charge is 2.15. The molecule has 0 bridgehead atoms. The van der Waals surface area contributed by atoms with E-state index in [0.717, 1.165) is 0 Å². The largest absolute Gasteiger partial charge is 0.481 e. The van der Waals surface area contributed by atoms with Crippen LogP contribution in [-0.4, -0.2) is 29.3 Å². The van der Waals surface area contributed by atoms with E-state index in [9.17, 15) is 9.59 Å². The van der Waals surface area contributed by atoms with E-state index in [1.165, 1.54) is 0 Å². The third-order valence-corrected chi connectivity index (χ3v) is 1.56. The molecule has 0 aromatic heterocycles. The summed E-state index contributed by atoms with van der Waals surface area (Å²) in [7, 11) is 0. The van der Waals surface area contributed by atoms with Crippen LogP contribution >= 0.6 is 12.6 Å². The average molecular weight is 191 g/mol. The van der Waals surface area contributed by atoms with E-state index in [4.69, 9.17) is 5.11 Å². The van der Waals surface area contributed by atoms with Crippen LogP contribution in [0.1, 0.15) is 13.3 Å². The molecule has 0 aliphatic carbocycles. The zero-order valence-corrected chi connectivity index (χ0v) is 7.80. The second-order valence-electron chi connectivity index (χ2n) is 2.51. The Kier molecular flexibility index (Phi) is 5.53. The highest BCUT2D eigenvalue weighted by Crippen LogP contribution is 2.00. The molecule has 0 saturated heterocycles. The summed E-state index contributed by atoms with van der Waals surface area (Å²) < 4.78 is 0. The lowest BCUT2D eigenvalue weighted by Crippen LogP contribution is -2.31. The quantitative estimate of drug-likeness (QED) is 0.542. The van der Waals surface area contributed by atoms with Crippen LogP contribution in [-0.2, 0) is 9.59 Å². The van der Waals surface area contributed by atoms with Crippen molar-refractivity contribution < 1.29 is 14.7 Å². The van der Waals surface area contributed by atoms with E-state index in [1.807, 2.05) is 0 Å². The van der Waals surface area contributed by atoms with E-state index >= 15 is 0 Å². The molecule has 0 aromatic carbocycles. The van der Waals surface area contributed by atoms with E-state index in [-0.39, 0.29) is 12.3 Å². The molecule has 0 rings (SSSR count). The fraction of sp³-hybridized carbons (Fsp3) is 0.714. The lowest BCUT2D eigenvalue weighted by Gasteiger charge is -2.08. The lowest BCUT2D eigenvalue weighted by atomic mass is 10.1. The highest BCUT2D eigenvalue weighted by atomic mass is 32.1. The molecule has 5 heteroatoms. The van der Waals surface area contributed by atoms with E-state index in [2.05, 4.69) is 17.9 Å². The predicted octanol–water partition coefficient (Wildman–Crippen LogP) is 0.143. The van der Waals surface area contributed by atoms with Crippen LogP contribution in [0.4, 0.5) is 0 Å². The van der Waals surface area contributed by atoms with Crippen molar-refractivity contribution >= 4 is 24.5 Å². The molecule has 0 radical (unpaired) electrons. The van der Waals surface area contributed by atoms with Crippen molar-refractivity contribution in [3.05, 3.63) is 0 Å². The van der Waals surface area contributed by atoms with Gasteiger partial charge in [0.1, 0.15) is 0 Å². The zero-order valence-electron chi connectivity index (χ0n) is 6.91. The Labute approximate surface area is 76.8 Å². The lowest BCUT2D eigenvalue weighted by molar-refractivity contribution is -0.140. The topological polar surface area (TPSA) is 66.4 Å². The molecule has 70 valence electrons. The molecule has 0 fully saturated rings. The number of rotatable bonds is 5. The minimum absolute atomic E-state index is 0.127. The summed E-state index contributed by atoms with van der Waals surface area (Å²) in [5, 5.41) is 10.9. The monoisotopic (exact) mass is 191 g/mol. The van der Waals surface area contributed by atoms with Gasteiger partial charge in [-0.05, 0) is 0 Å². The minimum atomic E-state index is -0.955. The van der Waals surface area contributed by atoms with Gasteiger partial charge >= 0.3 is 5.97 Å². The first kappa shape index (κ1) is 11.3. The van der Waals surface area contributed by atoms with Crippen molar-refractivity contribution in [3.63, 3.8) is 0 Å². The van der Waals surface area contributed by atoms with Crippen molar-refractivity contribution in [1.29, 1.82) is 0 Å². The Bertz CT molecular complexity index is 172. The molecule has 1 atom stereocenters. The van der Waals surface area contributed by atoms with Gasteiger partial charge in [-0.1, -0.05) is 6.92 Å². The van der Waals surface area contributed by atoms with Crippen LogP contribution in [0.5, 0.6) is 0 Å². The smallest absolute Gasteiger partial charge is 0.304 e. The van der Waals surface area contributed by atoms with Crippen LogP contribution in [0.25, 0.3) is 0 Å². The first-order valence-corrected chi connectivity index (χ1v) is 4.31. The van der Waals surface area contributed by atoms with Crippen LogP contribution in [0, 0.1) is 5.92 Å². The van der Waals surface area contributed by atoms with Gasteiger partial charge in [-0.2, -0.15) is 12.6 Å². The molecule has 1 amide bonds. The Balaban J connectivity index is 3.69. The van der Waals surface area contributed by atoms with E-state index in [0.29, 0.717) is 12.3 Å². The molecule has 1 unspecified atom stereocenters. The number of carbonyl (C=O) groups excluding carboxylic acids is 1. The first-order valence-electron chi connectivity index (χ1n) is 3.68. The molecule has 12 heavy (non-hydrogen) atoms. The predicted molar refractivity (Wildman–Crippen MR) is 48.3 cm³/mol. The number of amides is 1. The second-order valence-corrected chi connectivity index (χ2v) is 2.96. The van der Waals surface area contributed by atoms with Gasteiger partial charge in [0.25, 0.3) is 0 Å². The van der Waals surface area contributed by atoms with E-state index in [1.54, 1.807) is 6.92 Å². The maximum Gasteiger partial charge on any atom is 0.304 e. The van der Waals surface area contributed by atoms with Crippen LogP contribution in [0.3, 0.4) is 0 Å². The first-order chi connectivity index (χ1) is 5.57. The third kappa shape index (κ3) is 5.01. The van der Waals surface area contributed by atoms with Gasteiger partial charge in [-0.15, -0.1) is 0 Å². The number of carboxylic acids is 1. The number of thiol groups is 1. The Morgan fingerprint density at radius 2 is 2.17 bits per heavy atom. The summed E-state index contributed by atoms with van der Waals surface area (Å²) in [6.45, 7) is 2.06. The van der Waals surface area contributed by atoms with Gasteiger partial charge < -0.3 is 10.4 Å². The molecule has 2 N–H and O–H groups in total. The van der Waals surface area contributed by atoms with Gasteiger partial charge in [0.05, 0.1) is 6.42 Å². The number of carbonyl (C=O) groups is 2. The molecule has 0 aromatic rings. The minimum Gasteiger partial charge on any atom is -0.481 e. The maximum atomic E-state index is 11.0. The van der Waals surface area contributed by atoms with Crippen LogP contribution in [0.15, 0.2) is 0 Å². The molecule has 0 spiro atoms. The Morgan fingerprint density at radius 1 is 1.58 bits per heavy atom. The van der Waals surface area contributed by atoms with Gasteiger partial charge in [0.15, 0.2) is 0 Å². The third-order valence-electron chi connectivity index (χ3n) is 1.34. The Morgan fingerprint density at radius 3 is 2.58 bits per heavy atom. The summed E-state index contributed by atoms with van der Waals surface area (Å²) in [5.41, 5.74) is 0. The van der Waals surface area contributed by atoms with Gasteiger partial charge in [-0.3, -0.25) is 9.59 Å². The normalized spacial score (nSPS) is 12.2. The number of carboxylic acid groups (broad SMARTS) is 1. The molecule has 0 aliphatic rings. The number of hydrogen-bond donors (Lipinski definition) is 3. The molecule has 0 saturated carbocycles. The zero-order chi connectivity index (χ0) is 9.56. The molecular formula is C7H13NO3S.